The molecule has 2 heterocycles. The SMILES string of the molecule is O=C1C(CCO)OCCN1Cc1ccncc1. The van der Waals surface area contributed by atoms with Crippen molar-refractivity contribution in [1.82, 2.24) is 9.88 Å². The molecule has 1 unspecified atom stereocenters. The highest BCUT2D eigenvalue weighted by Gasteiger charge is 2.28. The van der Waals surface area contributed by atoms with Crippen LogP contribution in [0.2, 0.25) is 0 Å². The van der Waals surface area contributed by atoms with Crippen LogP contribution in [0.3, 0.4) is 0 Å². The summed E-state index contributed by atoms with van der Waals surface area (Å²) in [5.74, 6) is -0.0397. The van der Waals surface area contributed by atoms with Crippen molar-refractivity contribution < 1.29 is 14.6 Å². The average molecular weight is 236 g/mol. The molecule has 5 nitrogen and oxygen atoms in total. The summed E-state index contributed by atoms with van der Waals surface area (Å²) in [6.07, 6.45) is 3.30. The van der Waals surface area contributed by atoms with Crippen LogP contribution in [-0.4, -0.2) is 46.8 Å². The Bertz CT molecular complexity index is 367. The number of aromatic nitrogens is 1. The van der Waals surface area contributed by atoms with Crippen LogP contribution in [0.25, 0.3) is 0 Å². The first-order valence-corrected chi connectivity index (χ1v) is 5.71. The highest BCUT2D eigenvalue weighted by molar-refractivity contribution is 5.81. The number of amides is 1. The zero-order chi connectivity index (χ0) is 12.1. The second kappa shape index (κ2) is 5.75. The van der Waals surface area contributed by atoms with Gasteiger partial charge in [-0.05, 0) is 17.7 Å². The van der Waals surface area contributed by atoms with Crippen LogP contribution in [0.5, 0.6) is 0 Å². The summed E-state index contributed by atoms with van der Waals surface area (Å²) in [6.45, 7) is 1.68. The molecule has 1 saturated heterocycles. The van der Waals surface area contributed by atoms with Crippen molar-refractivity contribution in [2.45, 2.75) is 19.1 Å². The molecule has 5 heteroatoms. The van der Waals surface area contributed by atoms with E-state index >= 15 is 0 Å². The fourth-order valence-electron chi connectivity index (χ4n) is 1.88. The van der Waals surface area contributed by atoms with Crippen LogP contribution in [0.15, 0.2) is 24.5 Å². The summed E-state index contributed by atoms with van der Waals surface area (Å²) in [6, 6.07) is 3.79. The Hall–Kier alpha value is -1.46. The predicted molar refractivity (Wildman–Crippen MR) is 61.1 cm³/mol. The normalized spacial score (nSPS) is 20.6. The van der Waals surface area contributed by atoms with Crippen LogP contribution < -0.4 is 0 Å². The number of pyridine rings is 1. The third-order valence-corrected chi connectivity index (χ3v) is 2.78. The first-order chi connectivity index (χ1) is 8.31. The lowest BCUT2D eigenvalue weighted by molar-refractivity contribution is -0.154. The number of carbonyl (C=O) groups excluding carboxylic acids is 1. The maximum absolute atomic E-state index is 12.0. The highest BCUT2D eigenvalue weighted by Crippen LogP contribution is 2.13. The van der Waals surface area contributed by atoms with Gasteiger partial charge in [0.05, 0.1) is 6.61 Å². The second-order valence-electron chi connectivity index (χ2n) is 3.99. The lowest BCUT2D eigenvalue weighted by Crippen LogP contribution is -2.47. The molecule has 1 N–H and O–H groups in total. The Morgan fingerprint density at radius 3 is 2.94 bits per heavy atom. The van der Waals surface area contributed by atoms with E-state index in [1.165, 1.54) is 0 Å². The quantitative estimate of drug-likeness (QED) is 0.810. The van der Waals surface area contributed by atoms with Crippen molar-refractivity contribution in [2.75, 3.05) is 19.8 Å². The molecular formula is C12H16N2O3. The van der Waals surface area contributed by atoms with E-state index in [0.29, 0.717) is 26.1 Å². The number of hydrogen-bond donors (Lipinski definition) is 1. The fraction of sp³-hybridized carbons (Fsp3) is 0.500. The van der Waals surface area contributed by atoms with Crippen molar-refractivity contribution in [3.05, 3.63) is 30.1 Å². The predicted octanol–water partition coefficient (Wildman–Crippen LogP) is 0.191. The molecule has 92 valence electrons. The number of morpholine rings is 1. The van der Waals surface area contributed by atoms with Crippen LogP contribution in [0.4, 0.5) is 0 Å². The molecule has 1 aromatic rings. The molecule has 1 aromatic heterocycles. The minimum atomic E-state index is -0.490. The van der Waals surface area contributed by atoms with E-state index < -0.39 is 6.10 Å². The molecular weight excluding hydrogens is 220 g/mol. The van der Waals surface area contributed by atoms with E-state index in [1.54, 1.807) is 17.3 Å². The number of carbonyl (C=O) groups is 1. The molecule has 1 aliphatic heterocycles. The molecule has 17 heavy (non-hydrogen) atoms. The summed E-state index contributed by atoms with van der Waals surface area (Å²) >= 11 is 0. The molecule has 1 amide bonds. The third-order valence-electron chi connectivity index (χ3n) is 2.78. The van der Waals surface area contributed by atoms with Gasteiger partial charge in [-0.2, -0.15) is 0 Å². The largest absolute Gasteiger partial charge is 0.396 e. The number of rotatable bonds is 4. The zero-order valence-corrected chi connectivity index (χ0v) is 9.58. The molecule has 1 aliphatic rings. The van der Waals surface area contributed by atoms with Gasteiger partial charge in [-0.1, -0.05) is 0 Å². The summed E-state index contributed by atoms with van der Waals surface area (Å²) in [4.78, 5) is 17.7. The van der Waals surface area contributed by atoms with E-state index in [0.717, 1.165) is 5.56 Å². The van der Waals surface area contributed by atoms with Gasteiger partial charge in [0.15, 0.2) is 0 Å². The van der Waals surface area contributed by atoms with Gasteiger partial charge in [0, 0.05) is 38.5 Å². The molecule has 0 radical (unpaired) electrons. The molecule has 2 rings (SSSR count). The molecule has 0 saturated carbocycles. The molecule has 0 aliphatic carbocycles. The maximum atomic E-state index is 12.0. The van der Waals surface area contributed by atoms with E-state index in [9.17, 15) is 4.79 Å². The highest BCUT2D eigenvalue weighted by atomic mass is 16.5. The molecule has 0 spiro atoms. The number of ether oxygens (including phenoxy) is 1. The molecule has 1 fully saturated rings. The standard InChI is InChI=1S/C12H16N2O3/c15-7-3-11-12(16)14(6-8-17-11)9-10-1-4-13-5-2-10/h1-2,4-5,11,15H,3,6-9H2. The van der Waals surface area contributed by atoms with E-state index in [2.05, 4.69) is 4.98 Å². The summed E-state index contributed by atoms with van der Waals surface area (Å²) in [5.41, 5.74) is 1.05. The van der Waals surface area contributed by atoms with Crippen molar-refractivity contribution in [3.63, 3.8) is 0 Å². The van der Waals surface area contributed by atoms with Gasteiger partial charge in [-0.25, -0.2) is 0 Å². The third kappa shape index (κ3) is 3.01. The molecule has 0 aromatic carbocycles. The van der Waals surface area contributed by atoms with E-state index in [-0.39, 0.29) is 12.5 Å². The van der Waals surface area contributed by atoms with E-state index in [1.807, 2.05) is 12.1 Å². The Kier molecular flexibility index (Phi) is 4.06. The van der Waals surface area contributed by atoms with Gasteiger partial charge in [-0.15, -0.1) is 0 Å². The van der Waals surface area contributed by atoms with Gasteiger partial charge in [0.1, 0.15) is 6.10 Å². The van der Waals surface area contributed by atoms with Crippen molar-refractivity contribution in [2.24, 2.45) is 0 Å². The molecule has 1 atom stereocenters. The van der Waals surface area contributed by atoms with Crippen LogP contribution in [-0.2, 0) is 16.1 Å². The number of aliphatic hydroxyl groups excluding tert-OH is 1. The number of nitrogens with zero attached hydrogens (tertiary/aromatic N) is 2. The van der Waals surface area contributed by atoms with Crippen molar-refractivity contribution >= 4 is 5.91 Å². The zero-order valence-electron chi connectivity index (χ0n) is 9.58. The number of hydrogen-bond acceptors (Lipinski definition) is 4. The van der Waals surface area contributed by atoms with Crippen LogP contribution >= 0.6 is 0 Å². The summed E-state index contributed by atoms with van der Waals surface area (Å²) in [7, 11) is 0. The van der Waals surface area contributed by atoms with Gasteiger partial charge < -0.3 is 14.7 Å². The fourth-order valence-corrected chi connectivity index (χ4v) is 1.88. The summed E-state index contributed by atoms with van der Waals surface area (Å²) in [5, 5.41) is 8.85. The lowest BCUT2D eigenvalue weighted by atomic mass is 10.1. The minimum absolute atomic E-state index is 0.0283. The Morgan fingerprint density at radius 1 is 1.47 bits per heavy atom. The van der Waals surface area contributed by atoms with Crippen LogP contribution in [0, 0.1) is 0 Å². The van der Waals surface area contributed by atoms with Crippen molar-refractivity contribution in [3.8, 4) is 0 Å². The Morgan fingerprint density at radius 2 is 2.24 bits per heavy atom. The lowest BCUT2D eigenvalue weighted by Gasteiger charge is -2.32. The number of aliphatic hydroxyl groups is 1. The first-order valence-electron chi connectivity index (χ1n) is 5.71. The summed E-state index contributed by atoms with van der Waals surface area (Å²) < 4.78 is 5.34. The van der Waals surface area contributed by atoms with Gasteiger partial charge >= 0.3 is 0 Å². The average Bonchev–Trinajstić information content (AvgIpc) is 2.36. The Balaban J connectivity index is 1.98. The topological polar surface area (TPSA) is 62.7 Å². The molecule has 0 bridgehead atoms. The second-order valence-corrected chi connectivity index (χ2v) is 3.99. The van der Waals surface area contributed by atoms with E-state index in [4.69, 9.17) is 9.84 Å². The monoisotopic (exact) mass is 236 g/mol. The van der Waals surface area contributed by atoms with Crippen LogP contribution in [0.1, 0.15) is 12.0 Å². The minimum Gasteiger partial charge on any atom is -0.396 e. The smallest absolute Gasteiger partial charge is 0.252 e. The maximum Gasteiger partial charge on any atom is 0.252 e. The van der Waals surface area contributed by atoms with Gasteiger partial charge in [-0.3, -0.25) is 9.78 Å². The Labute approximate surface area is 100 Å². The van der Waals surface area contributed by atoms with Gasteiger partial charge in [0.2, 0.25) is 0 Å². The van der Waals surface area contributed by atoms with Crippen molar-refractivity contribution in [1.29, 1.82) is 0 Å². The van der Waals surface area contributed by atoms with Gasteiger partial charge in [0.25, 0.3) is 5.91 Å². The first kappa shape index (κ1) is 12.0.